The average molecular weight is 390 g/mol. The van der Waals surface area contributed by atoms with Crippen LogP contribution in [0.1, 0.15) is 16.1 Å². The van der Waals surface area contributed by atoms with Crippen LogP contribution in [0.5, 0.6) is 5.75 Å². The molecule has 3 aromatic heterocycles. The van der Waals surface area contributed by atoms with Gasteiger partial charge < -0.3 is 10.1 Å². The third-order valence-corrected chi connectivity index (χ3v) is 4.74. The van der Waals surface area contributed by atoms with Crippen molar-refractivity contribution in [2.45, 2.75) is 13.5 Å². The lowest BCUT2D eigenvalue weighted by molar-refractivity contribution is 0.0953. The Hall–Kier alpha value is -3.68. The maximum atomic E-state index is 12.9. The summed E-state index contributed by atoms with van der Waals surface area (Å²) in [5.74, 6) is 0.603. The highest BCUT2D eigenvalue weighted by Crippen LogP contribution is 2.26. The van der Waals surface area contributed by atoms with Crippen LogP contribution in [0.4, 0.5) is 0 Å². The summed E-state index contributed by atoms with van der Waals surface area (Å²) in [6.45, 7) is 3.01. The number of carbonyl (C=O) groups excluding carboxylic acids is 1. The van der Waals surface area contributed by atoms with E-state index in [-0.39, 0.29) is 5.91 Å². The molecule has 0 fully saturated rings. The first-order valence-electron chi connectivity index (χ1n) is 9.30. The molecule has 0 atom stereocenters. The normalized spacial score (nSPS) is 11.0. The van der Waals surface area contributed by atoms with Crippen LogP contribution in [0.3, 0.4) is 0 Å². The molecule has 0 aliphatic heterocycles. The zero-order chi connectivity index (χ0) is 20.4. The number of benzene rings is 1. The molecule has 8 nitrogen and oxygen atoms in total. The van der Waals surface area contributed by atoms with Gasteiger partial charge in [0, 0.05) is 25.4 Å². The Morgan fingerprint density at radius 2 is 2.00 bits per heavy atom. The second kappa shape index (κ2) is 7.75. The number of nitrogens with zero attached hydrogens (tertiary/aromatic N) is 5. The number of rotatable bonds is 6. The number of fused-ring (bicyclic) bond motifs is 1. The van der Waals surface area contributed by atoms with Crippen molar-refractivity contribution >= 4 is 16.9 Å². The Balaban J connectivity index is 1.62. The van der Waals surface area contributed by atoms with Gasteiger partial charge in [0.2, 0.25) is 0 Å². The number of aromatic nitrogens is 5. The molecule has 0 unspecified atom stereocenters. The van der Waals surface area contributed by atoms with Gasteiger partial charge in [0.05, 0.1) is 42.2 Å². The summed E-state index contributed by atoms with van der Waals surface area (Å²) in [4.78, 5) is 17.6. The summed E-state index contributed by atoms with van der Waals surface area (Å²) in [6, 6.07) is 11.3. The molecular weight excluding hydrogens is 368 g/mol. The van der Waals surface area contributed by atoms with Gasteiger partial charge in [-0.2, -0.15) is 10.2 Å². The fraction of sp³-hybridized carbons (Fsp3) is 0.238. The minimum atomic E-state index is -0.163. The number of hydrogen-bond acceptors (Lipinski definition) is 5. The largest absolute Gasteiger partial charge is 0.497 e. The third-order valence-electron chi connectivity index (χ3n) is 4.74. The number of pyridine rings is 1. The molecule has 1 aromatic carbocycles. The Kier molecular flexibility index (Phi) is 4.99. The van der Waals surface area contributed by atoms with Gasteiger partial charge in [-0.05, 0) is 43.3 Å². The molecule has 0 bridgehead atoms. The summed E-state index contributed by atoms with van der Waals surface area (Å²) < 4.78 is 8.70. The topological polar surface area (TPSA) is 86.9 Å². The molecule has 3 heterocycles. The van der Waals surface area contributed by atoms with E-state index >= 15 is 0 Å². The van der Waals surface area contributed by atoms with Crippen LogP contribution in [0, 0.1) is 6.92 Å². The number of nitrogens with one attached hydrogen (secondary N) is 1. The first-order valence-corrected chi connectivity index (χ1v) is 9.30. The number of carbonyl (C=O) groups is 1. The Labute approximate surface area is 168 Å². The van der Waals surface area contributed by atoms with Crippen molar-refractivity contribution in [1.82, 2.24) is 29.9 Å². The first kappa shape index (κ1) is 18.7. The molecule has 1 N–H and O–H groups in total. The number of aryl methyl sites for hydroxylation is 2. The Morgan fingerprint density at radius 3 is 2.69 bits per heavy atom. The highest BCUT2D eigenvalue weighted by molar-refractivity contribution is 6.06. The molecule has 8 heteroatoms. The second-order valence-corrected chi connectivity index (χ2v) is 6.77. The summed E-state index contributed by atoms with van der Waals surface area (Å²) in [5, 5.41) is 12.3. The predicted molar refractivity (Wildman–Crippen MR) is 110 cm³/mol. The summed E-state index contributed by atoms with van der Waals surface area (Å²) in [6.07, 6.45) is 3.57. The van der Waals surface area contributed by atoms with Gasteiger partial charge in [-0.3, -0.25) is 14.2 Å². The SMILES string of the molecule is COc1ccc(-c2cc(C(=O)NCCn3ccc(C)n3)c3cnn(C)c3n2)cc1. The highest BCUT2D eigenvalue weighted by atomic mass is 16.5. The van der Waals surface area contributed by atoms with Crippen molar-refractivity contribution in [2.75, 3.05) is 13.7 Å². The molecule has 0 aliphatic rings. The maximum Gasteiger partial charge on any atom is 0.252 e. The van der Waals surface area contributed by atoms with Crippen LogP contribution in [-0.4, -0.2) is 44.1 Å². The monoisotopic (exact) mass is 390 g/mol. The van der Waals surface area contributed by atoms with E-state index in [2.05, 4.69) is 15.5 Å². The molecule has 4 aromatic rings. The van der Waals surface area contributed by atoms with E-state index in [1.807, 2.05) is 55.2 Å². The van der Waals surface area contributed by atoms with E-state index in [0.29, 0.717) is 30.0 Å². The molecule has 0 radical (unpaired) electrons. The van der Waals surface area contributed by atoms with E-state index in [9.17, 15) is 4.79 Å². The molecular formula is C21H22N6O2. The molecule has 148 valence electrons. The highest BCUT2D eigenvalue weighted by Gasteiger charge is 2.16. The van der Waals surface area contributed by atoms with Crippen molar-refractivity contribution in [3.8, 4) is 17.0 Å². The molecule has 29 heavy (non-hydrogen) atoms. The van der Waals surface area contributed by atoms with Gasteiger partial charge >= 0.3 is 0 Å². The smallest absolute Gasteiger partial charge is 0.252 e. The minimum absolute atomic E-state index is 0.163. The predicted octanol–water partition coefficient (Wildman–Crippen LogP) is 2.58. The summed E-state index contributed by atoms with van der Waals surface area (Å²) in [7, 11) is 3.44. The fourth-order valence-electron chi connectivity index (χ4n) is 3.18. The van der Waals surface area contributed by atoms with Crippen LogP contribution in [0.2, 0.25) is 0 Å². The minimum Gasteiger partial charge on any atom is -0.497 e. The van der Waals surface area contributed by atoms with Crippen molar-refractivity contribution in [1.29, 1.82) is 0 Å². The number of amides is 1. The van der Waals surface area contributed by atoms with E-state index in [4.69, 9.17) is 9.72 Å². The Bertz CT molecular complexity index is 1160. The zero-order valence-corrected chi connectivity index (χ0v) is 16.6. The van der Waals surface area contributed by atoms with E-state index in [1.54, 1.807) is 24.1 Å². The van der Waals surface area contributed by atoms with Crippen LogP contribution >= 0.6 is 0 Å². The van der Waals surface area contributed by atoms with Crippen LogP contribution < -0.4 is 10.1 Å². The number of ether oxygens (including phenoxy) is 1. The van der Waals surface area contributed by atoms with E-state index in [0.717, 1.165) is 22.4 Å². The summed E-state index contributed by atoms with van der Waals surface area (Å²) >= 11 is 0. The number of hydrogen-bond donors (Lipinski definition) is 1. The van der Waals surface area contributed by atoms with Crippen LogP contribution in [0.15, 0.2) is 48.8 Å². The second-order valence-electron chi connectivity index (χ2n) is 6.77. The van der Waals surface area contributed by atoms with Gasteiger partial charge in [-0.1, -0.05) is 0 Å². The van der Waals surface area contributed by atoms with Crippen LogP contribution in [-0.2, 0) is 13.6 Å². The average Bonchev–Trinajstić information content (AvgIpc) is 3.33. The van der Waals surface area contributed by atoms with Gasteiger partial charge in [-0.25, -0.2) is 4.98 Å². The van der Waals surface area contributed by atoms with Crippen molar-refractivity contribution in [2.24, 2.45) is 7.05 Å². The van der Waals surface area contributed by atoms with Crippen molar-refractivity contribution < 1.29 is 9.53 Å². The standard InChI is InChI=1S/C21H22N6O2/c1-14-8-10-27(25-14)11-9-22-21(28)17-12-19(15-4-6-16(29-3)7-5-15)24-20-18(17)13-23-26(20)2/h4-8,10,12-13H,9,11H2,1-3H3,(H,22,28). The lowest BCUT2D eigenvalue weighted by atomic mass is 10.1. The zero-order valence-electron chi connectivity index (χ0n) is 16.6. The maximum absolute atomic E-state index is 12.9. The molecule has 0 saturated carbocycles. The molecule has 0 aliphatic carbocycles. The summed E-state index contributed by atoms with van der Waals surface area (Å²) in [5.41, 5.74) is 3.76. The molecule has 1 amide bonds. The van der Waals surface area contributed by atoms with Gasteiger partial charge in [0.15, 0.2) is 5.65 Å². The number of methoxy groups -OCH3 is 1. The first-order chi connectivity index (χ1) is 14.0. The quantitative estimate of drug-likeness (QED) is 0.547. The van der Waals surface area contributed by atoms with Gasteiger partial charge in [0.25, 0.3) is 5.91 Å². The lowest BCUT2D eigenvalue weighted by Gasteiger charge is -2.09. The third kappa shape index (κ3) is 3.82. The van der Waals surface area contributed by atoms with Crippen molar-refractivity contribution in [3.05, 3.63) is 60.0 Å². The van der Waals surface area contributed by atoms with E-state index < -0.39 is 0 Å². The molecule has 0 saturated heterocycles. The molecule has 0 spiro atoms. The Morgan fingerprint density at radius 1 is 1.21 bits per heavy atom. The lowest BCUT2D eigenvalue weighted by Crippen LogP contribution is -2.27. The van der Waals surface area contributed by atoms with E-state index in [1.165, 1.54) is 0 Å². The van der Waals surface area contributed by atoms with Gasteiger partial charge in [-0.15, -0.1) is 0 Å². The van der Waals surface area contributed by atoms with Crippen molar-refractivity contribution in [3.63, 3.8) is 0 Å². The van der Waals surface area contributed by atoms with Crippen LogP contribution in [0.25, 0.3) is 22.3 Å². The fourth-order valence-corrected chi connectivity index (χ4v) is 3.18. The van der Waals surface area contributed by atoms with Gasteiger partial charge in [0.1, 0.15) is 5.75 Å². The molecule has 4 rings (SSSR count).